The molecule has 0 spiro atoms. The van der Waals surface area contributed by atoms with Gasteiger partial charge in [-0.25, -0.2) is 0 Å². The molecule has 0 aliphatic carbocycles. The van der Waals surface area contributed by atoms with Gasteiger partial charge in [0.25, 0.3) is 0 Å². The van der Waals surface area contributed by atoms with Gasteiger partial charge >= 0.3 is 22.4 Å². The molecular formula is C28H23AuOP+. The molecule has 0 amide bonds. The SMILES string of the molecule is [Au+].[C-]#Cc1cccc(C(C)=O)c1.c1ccc([PH+](c2ccccc2)c2ccccc2)cc1. The maximum absolute atomic E-state index is 10.8. The Labute approximate surface area is 201 Å². The minimum absolute atomic E-state index is 0. The standard InChI is InChI=1S/C18H15P.C10H7O.Au/c1-4-10-16(11-5-1)19(17-12-6-2-7-13-17)18-14-8-3-9-15-18;1-3-9-5-4-6-10(7-9)8(2)11;/h1-15H;4-7H,2H3;/q;-1;+1/p+1. The van der Waals surface area contributed by atoms with E-state index in [4.69, 9.17) is 6.42 Å². The first-order valence-corrected chi connectivity index (χ1v) is 11.3. The third-order valence-electron chi connectivity index (χ3n) is 4.60. The van der Waals surface area contributed by atoms with Gasteiger partial charge in [0, 0.05) is 5.56 Å². The van der Waals surface area contributed by atoms with Gasteiger partial charge in [-0.15, -0.1) is 17.7 Å². The second-order valence-corrected chi connectivity index (χ2v) is 9.22. The van der Waals surface area contributed by atoms with Crippen molar-refractivity contribution in [2.75, 3.05) is 0 Å². The molecular weight excluding hydrogens is 580 g/mol. The molecule has 4 aromatic rings. The Balaban J connectivity index is 0.000000245. The molecule has 0 saturated carbocycles. The van der Waals surface area contributed by atoms with Crippen molar-refractivity contribution in [3.63, 3.8) is 0 Å². The third-order valence-corrected chi connectivity index (χ3v) is 7.33. The predicted octanol–water partition coefficient (Wildman–Crippen LogP) is 5.00. The summed E-state index contributed by atoms with van der Waals surface area (Å²) >= 11 is 0. The van der Waals surface area contributed by atoms with E-state index in [2.05, 4.69) is 96.9 Å². The fourth-order valence-electron chi connectivity index (χ4n) is 3.13. The number of Topliss-reactive ketones (excluding diaryl/α,β-unsaturated/α-hetero) is 1. The van der Waals surface area contributed by atoms with E-state index in [0.29, 0.717) is 11.1 Å². The monoisotopic (exact) mass is 603 g/mol. The third kappa shape index (κ3) is 7.18. The summed E-state index contributed by atoms with van der Waals surface area (Å²) in [6.07, 6.45) is 6.82. The number of rotatable bonds is 4. The molecule has 3 heteroatoms. The first-order chi connectivity index (χ1) is 14.7. The van der Waals surface area contributed by atoms with E-state index < -0.39 is 7.92 Å². The second kappa shape index (κ2) is 12.9. The molecule has 4 rings (SSSR count). The smallest absolute Gasteiger partial charge is 0.366 e. The Morgan fingerprint density at radius 3 is 1.45 bits per heavy atom. The molecule has 4 aromatic carbocycles. The summed E-state index contributed by atoms with van der Waals surface area (Å²) in [6.45, 7) is 1.50. The molecule has 0 unspecified atom stereocenters. The molecule has 156 valence electrons. The summed E-state index contributed by atoms with van der Waals surface area (Å²) in [6, 6.07) is 39.4. The van der Waals surface area contributed by atoms with Crippen LogP contribution in [0.1, 0.15) is 22.8 Å². The minimum atomic E-state index is -0.877. The summed E-state index contributed by atoms with van der Waals surface area (Å²) in [5.74, 6) is 2.24. The van der Waals surface area contributed by atoms with Crippen LogP contribution in [0, 0.1) is 12.3 Å². The number of carbonyl (C=O) groups excluding carboxylic acids is 1. The normalized spacial score (nSPS) is 9.58. The van der Waals surface area contributed by atoms with E-state index >= 15 is 0 Å². The molecule has 0 bridgehead atoms. The number of carbonyl (C=O) groups is 1. The molecule has 0 aliphatic rings. The molecule has 0 heterocycles. The average Bonchev–Trinajstić information content (AvgIpc) is 2.82. The minimum Gasteiger partial charge on any atom is -0.366 e. The zero-order valence-corrected chi connectivity index (χ0v) is 20.3. The predicted molar refractivity (Wildman–Crippen MR) is 129 cm³/mol. The number of ketones is 1. The number of benzene rings is 4. The Morgan fingerprint density at radius 2 is 1.10 bits per heavy atom. The van der Waals surface area contributed by atoms with Gasteiger partial charge in [-0.2, -0.15) is 0 Å². The fourth-order valence-corrected chi connectivity index (χ4v) is 5.71. The van der Waals surface area contributed by atoms with Crippen molar-refractivity contribution in [2.45, 2.75) is 6.92 Å². The van der Waals surface area contributed by atoms with Crippen molar-refractivity contribution >= 4 is 29.6 Å². The van der Waals surface area contributed by atoms with E-state index in [9.17, 15) is 4.79 Å². The van der Waals surface area contributed by atoms with Gasteiger partial charge in [-0.1, -0.05) is 66.7 Å². The van der Waals surface area contributed by atoms with Gasteiger partial charge in [0.15, 0.2) is 5.78 Å². The average molecular weight is 603 g/mol. The zero-order valence-electron chi connectivity index (χ0n) is 17.2. The Bertz CT molecular complexity index is 1030. The summed E-state index contributed by atoms with van der Waals surface area (Å²) in [4.78, 5) is 10.8. The largest absolute Gasteiger partial charge is 1.00 e. The van der Waals surface area contributed by atoms with Gasteiger partial charge < -0.3 is 6.42 Å². The first-order valence-electron chi connectivity index (χ1n) is 9.76. The molecule has 0 saturated heterocycles. The van der Waals surface area contributed by atoms with Crippen LogP contribution in [0.3, 0.4) is 0 Å². The van der Waals surface area contributed by atoms with E-state index in [1.165, 1.54) is 22.8 Å². The van der Waals surface area contributed by atoms with Gasteiger partial charge in [-0.05, 0) is 43.3 Å². The molecule has 0 aliphatic heterocycles. The summed E-state index contributed by atoms with van der Waals surface area (Å²) < 4.78 is 0. The van der Waals surface area contributed by atoms with Crippen LogP contribution in [0.5, 0.6) is 0 Å². The quantitative estimate of drug-likeness (QED) is 0.106. The van der Waals surface area contributed by atoms with Crippen LogP contribution in [0.2, 0.25) is 0 Å². The van der Waals surface area contributed by atoms with Gasteiger partial charge in [0.1, 0.15) is 15.9 Å². The van der Waals surface area contributed by atoms with Crippen molar-refractivity contribution < 1.29 is 27.2 Å². The van der Waals surface area contributed by atoms with Crippen LogP contribution in [0.4, 0.5) is 0 Å². The molecule has 31 heavy (non-hydrogen) atoms. The number of hydrogen-bond donors (Lipinski definition) is 0. The Morgan fingerprint density at radius 1 is 0.677 bits per heavy atom. The van der Waals surface area contributed by atoms with Gasteiger partial charge in [-0.3, -0.25) is 10.7 Å². The summed E-state index contributed by atoms with van der Waals surface area (Å²) in [7, 11) is -0.877. The van der Waals surface area contributed by atoms with Crippen LogP contribution in [-0.2, 0) is 22.4 Å². The maximum Gasteiger partial charge on any atom is 1.00 e. The van der Waals surface area contributed by atoms with Crippen molar-refractivity contribution in [3.05, 3.63) is 133 Å². The van der Waals surface area contributed by atoms with E-state index in [1.807, 2.05) is 0 Å². The molecule has 1 nitrogen and oxygen atoms in total. The van der Waals surface area contributed by atoms with Crippen molar-refractivity contribution in [3.8, 4) is 5.92 Å². The van der Waals surface area contributed by atoms with Crippen molar-refractivity contribution in [2.24, 2.45) is 0 Å². The Hall–Kier alpha value is -2.72. The summed E-state index contributed by atoms with van der Waals surface area (Å²) in [5.41, 5.74) is 1.26. The summed E-state index contributed by atoms with van der Waals surface area (Å²) in [5, 5.41) is 4.31. The Kier molecular flexibility index (Phi) is 10.2. The van der Waals surface area contributed by atoms with Crippen LogP contribution in [0.15, 0.2) is 115 Å². The first kappa shape index (κ1) is 24.5. The second-order valence-electron chi connectivity index (χ2n) is 6.74. The van der Waals surface area contributed by atoms with Crippen LogP contribution in [0.25, 0.3) is 0 Å². The zero-order chi connectivity index (χ0) is 21.2. The van der Waals surface area contributed by atoms with Gasteiger partial charge in [0.05, 0.1) is 7.92 Å². The van der Waals surface area contributed by atoms with E-state index in [-0.39, 0.29) is 28.2 Å². The van der Waals surface area contributed by atoms with E-state index in [0.717, 1.165) is 0 Å². The van der Waals surface area contributed by atoms with Crippen LogP contribution < -0.4 is 15.9 Å². The van der Waals surface area contributed by atoms with E-state index in [1.54, 1.807) is 24.3 Å². The fraction of sp³-hybridized carbons (Fsp3) is 0.0357. The molecule has 0 atom stereocenters. The topological polar surface area (TPSA) is 17.1 Å². The molecule has 0 fully saturated rings. The molecule has 0 radical (unpaired) electrons. The van der Waals surface area contributed by atoms with Crippen molar-refractivity contribution in [1.82, 2.24) is 0 Å². The maximum atomic E-state index is 10.8. The van der Waals surface area contributed by atoms with Crippen LogP contribution >= 0.6 is 7.92 Å². The molecule has 0 N–H and O–H groups in total. The van der Waals surface area contributed by atoms with Crippen molar-refractivity contribution in [1.29, 1.82) is 0 Å². The number of hydrogen-bond acceptors (Lipinski definition) is 1. The van der Waals surface area contributed by atoms with Gasteiger partial charge in [0.2, 0.25) is 0 Å². The van der Waals surface area contributed by atoms with Crippen LogP contribution in [-0.4, -0.2) is 5.78 Å². The molecule has 0 aromatic heterocycles.